The van der Waals surface area contributed by atoms with E-state index >= 15 is 0 Å². The summed E-state index contributed by atoms with van der Waals surface area (Å²) in [6.45, 7) is 2.61. The molecule has 0 saturated heterocycles. The second-order valence-corrected chi connectivity index (χ2v) is 7.87. The predicted molar refractivity (Wildman–Crippen MR) is 106 cm³/mol. The fraction of sp³-hybridized carbons (Fsp3) is 0.364. The fourth-order valence-corrected chi connectivity index (χ4v) is 4.03. The lowest BCUT2D eigenvalue weighted by molar-refractivity contribution is 0.0996. The van der Waals surface area contributed by atoms with Crippen molar-refractivity contribution in [3.8, 4) is 0 Å². The number of carbonyl (C=O) groups is 1. The van der Waals surface area contributed by atoms with Gasteiger partial charge in [0.15, 0.2) is 0 Å². The number of fused-ring (bicyclic) bond motifs is 1. The molecule has 2 aromatic heterocycles. The molecular formula is C22H23N5O. The van der Waals surface area contributed by atoms with Crippen LogP contribution in [0.2, 0.25) is 0 Å². The van der Waals surface area contributed by atoms with Crippen molar-refractivity contribution in [3.63, 3.8) is 0 Å². The zero-order chi connectivity index (χ0) is 19.3. The van der Waals surface area contributed by atoms with E-state index in [1.807, 2.05) is 41.6 Å². The van der Waals surface area contributed by atoms with Gasteiger partial charge in [0.25, 0.3) is 5.91 Å². The predicted octanol–water partition coefficient (Wildman–Crippen LogP) is 3.34. The lowest BCUT2D eigenvalue weighted by atomic mass is 10.0. The summed E-state index contributed by atoms with van der Waals surface area (Å²) in [7, 11) is 1.96. The highest BCUT2D eigenvalue weighted by Crippen LogP contribution is 2.43. The molecule has 1 aromatic carbocycles. The maximum absolute atomic E-state index is 13.1. The molecule has 1 aliphatic carbocycles. The van der Waals surface area contributed by atoms with Crippen molar-refractivity contribution in [1.82, 2.24) is 19.7 Å². The summed E-state index contributed by atoms with van der Waals surface area (Å²) in [6, 6.07) is 10.2. The Bertz CT molecular complexity index is 1070. The molecule has 0 N–H and O–H groups in total. The Kier molecular flexibility index (Phi) is 4.00. The molecule has 0 bridgehead atoms. The minimum Gasteiger partial charge on any atom is -0.321 e. The summed E-state index contributed by atoms with van der Waals surface area (Å²) < 4.78 is 1.94. The van der Waals surface area contributed by atoms with E-state index in [2.05, 4.69) is 22.3 Å². The average Bonchev–Trinajstić information content (AvgIpc) is 3.38. The molecule has 28 heavy (non-hydrogen) atoms. The molecule has 1 fully saturated rings. The smallest absolute Gasteiger partial charge is 0.259 e. The second kappa shape index (κ2) is 6.55. The summed E-state index contributed by atoms with van der Waals surface area (Å²) >= 11 is 0. The molecule has 6 nitrogen and oxygen atoms in total. The molecule has 6 heteroatoms. The van der Waals surface area contributed by atoms with Gasteiger partial charge < -0.3 is 9.47 Å². The van der Waals surface area contributed by atoms with Crippen LogP contribution < -0.4 is 4.90 Å². The van der Waals surface area contributed by atoms with Gasteiger partial charge in [-0.25, -0.2) is 0 Å². The standard InChI is InChI=1S/C22H23N5O/c1-14-10-18-19(21(24-14)16-7-8-16)12-27(22(18)28)17-5-3-4-15(11-17)6-9-20-25-23-13-26(20)2/h3-5,10-11,13,16H,6-9,12H2,1-2H3. The minimum absolute atomic E-state index is 0.0906. The van der Waals surface area contributed by atoms with Crippen molar-refractivity contribution in [2.75, 3.05) is 4.90 Å². The van der Waals surface area contributed by atoms with Gasteiger partial charge in [0.2, 0.25) is 0 Å². The van der Waals surface area contributed by atoms with Crippen LogP contribution >= 0.6 is 0 Å². The van der Waals surface area contributed by atoms with E-state index in [1.165, 1.54) is 18.4 Å². The van der Waals surface area contributed by atoms with E-state index in [0.29, 0.717) is 12.5 Å². The van der Waals surface area contributed by atoms with Gasteiger partial charge in [-0.2, -0.15) is 0 Å². The van der Waals surface area contributed by atoms with Crippen molar-refractivity contribution in [2.24, 2.45) is 7.05 Å². The molecule has 3 aromatic rings. The number of aromatic nitrogens is 4. The first-order chi connectivity index (χ1) is 13.6. The second-order valence-electron chi connectivity index (χ2n) is 7.87. The van der Waals surface area contributed by atoms with Crippen LogP contribution in [-0.2, 0) is 26.4 Å². The van der Waals surface area contributed by atoms with E-state index in [-0.39, 0.29) is 5.91 Å². The van der Waals surface area contributed by atoms with E-state index in [1.54, 1.807) is 6.33 Å². The molecule has 1 saturated carbocycles. The van der Waals surface area contributed by atoms with Crippen LogP contribution in [0.25, 0.3) is 0 Å². The Morgan fingerprint density at radius 3 is 2.79 bits per heavy atom. The normalized spacial score (nSPS) is 15.9. The van der Waals surface area contributed by atoms with Crippen LogP contribution in [0.3, 0.4) is 0 Å². The van der Waals surface area contributed by atoms with Crippen LogP contribution in [0.1, 0.15) is 57.5 Å². The van der Waals surface area contributed by atoms with Gasteiger partial charge in [-0.05, 0) is 49.9 Å². The van der Waals surface area contributed by atoms with Crippen LogP contribution in [0.4, 0.5) is 5.69 Å². The molecule has 2 aliphatic rings. The number of hydrogen-bond donors (Lipinski definition) is 0. The quantitative estimate of drug-likeness (QED) is 0.688. The molecule has 0 atom stereocenters. The number of carbonyl (C=O) groups excluding carboxylic acids is 1. The molecule has 5 rings (SSSR count). The number of pyridine rings is 1. The third kappa shape index (κ3) is 2.99. The van der Waals surface area contributed by atoms with Crippen molar-refractivity contribution >= 4 is 11.6 Å². The summed E-state index contributed by atoms with van der Waals surface area (Å²) in [5.41, 5.74) is 6.19. The zero-order valence-electron chi connectivity index (χ0n) is 16.2. The number of benzene rings is 1. The third-order valence-corrected chi connectivity index (χ3v) is 5.70. The molecule has 0 spiro atoms. The molecule has 3 heterocycles. The lowest BCUT2D eigenvalue weighted by Crippen LogP contribution is -2.23. The van der Waals surface area contributed by atoms with Crippen molar-refractivity contribution in [2.45, 2.75) is 45.1 Å². The van der Waals surface area contributed by atoms with Gasteiger partial charge in [-0.1, -0.05) is 12.1 Å². The Hall–Kier alpha value is -3.02. The Morgan fingerprint density at radius 2 is 2.04 bits per heavy atom. The van der Waals surface area contributed by atoms with E-state index in [0.717, 1.165) is 46.9 Å². The van der Waals surface area contributed by atoms with Crippen LogP contribution in [0.15, 0.2) is 36.7 Å². The first-order valence-electron chi connectivity index (χ1n) is 9.84. The average molecular weight is 373 g/mol. The SMILES string of the molecule is Cc1cc2c(c(C3CC3)n1)CN(c1cccc(CCc3nncn3C)c1)C2=O. The molecule has 0 unspecified atom stereocenters. The fourth-order valence-electron chi connectivity index (χ4n) is 4.03. The molecule has 142 valence electrons. The van der Waals surface area contributed by atoms with Crippen molar-refractivity contribution in [3.05, 3.63) is 70.6 Å². The largest absolute Gasteiger partial charge is 0.321 e. The number of hydrogen-bond acceptors (Lipinski definition) is 4. The summed E-state index contributed by atoms with van der Waals surface area (Å²) in [6.07, 6.45) is 5.79. The maximum atomic E-state index is 13.1. The number of anilines is 1. The molecule has 1 amide bonds. The first-order valence-corrected chi connectivity index (χ1v) is 9.84. The molecular weight excluding hydrogens is 350 g/mol. The number of nitrogens with zero attached hydrogens (tertiary/aromatic N) is 5. The third-order valence-electron chi connectivity index (χ3n) is 5.70. The Morgan fingerprint density at radius 1 is 1.18 bits per heavy atom. The van der Waals surface area contributed by atoms with Crippen LogP contribution in [0, 0.1) is 6.92 Å². The summed E-state index contributed by atoms with van der Waals surface area (Å²) in [4.78, 5) is 19.8. The highest BCUT2D eigenvalue weighted by atomic mass is 16.2. The highest BCUT2D eigenvalue weighted by molar-refractivity contribution is 6.10. The van der Waals surface area contributed by atoms with Gasteiger partial charge in [0, 0.05) is 47.6 Å². The van der Waals surface area contributed by atoms with Crippen molar-refractivity contribution in [1.29, 1.82) is 0 Å². The lowest BCUT2D eigenvalue weighted by Gasteiger charge is -2.17. The first kappa shape index (κ1) is 17.1. The zero-order valence-corrected chi connectivity index (χ0v) is 16.2. The summed E-state index contributed by atoms with van der Waals surface area (Å²) in [5.74, 6) is 1.60. The molecule has 0 radical (unpaired) electrons. The van der Waals surface area contributed by atoms with Gasteiger partial charge >= 0.3 is 0 Å². The van der Waals surface area contributed by atoms with E-state index in [9.17, 15) is 4.79 Å². The Balaban J connectivity index is 1.40. The van der Waals surface area contributed by atoms with Crippen LogP contribution in [-0.4, -0.2) is 25.7 Å². The van der Waals surface area contributed by atoms with Crippen molar-refractivity contribution < 1.29 is 4.79 Å². The number of amides is 1. The van der Waals surface area contributed by atoms with Crippen LogP contribution in [0.5, 0.6) is 0 Å². The Labute approximate surface area is 164 Å². The highest BCUT2D eigenvalue weighted by Gasteiger charge is 2.36. The van der Waals surface area contributed by atoms with Gasteiger partial charge in [-0.3, -0.25) is 9.78 Å². The number of rotatable bonds is 5. The minimum atomic E-state index is 0.0906. The topological polar surface area (TPSA) is 63.9 Å². The van der Waals surface area contributed by atoms with E-state index in [4.69, 9.17) is 4.98 Å². The van der Waals surface area contributed by atoms with Gasteiger partial charge in [0.1, 0.15) is 12.2 Å². The molecule has 1 aliphatic heterocycles. The number of aryl methyl sites for hydroxylation is 4. The van der Waals surface area contributed by atoms with Gasteiger partial charge in [-0.15, -0.1) is 10.2 Å². The van der Waals surface area contributed by atoms with Gasteiger partial charge in [0.05, 0.1) is 6.54 Å². The summed E-state index contributed by atoms with van der Waals surface area (Å²) in [5, 5.41) is 8.09. The van der Waals surface area contributed by atoms with E-state index < -0.39 is 0 Å². The monoisotopic (exact) mass is 373 g/mol. The maximum Gasteiger partial charge on any atom is 0.259 e.